The summed E-state index contributed by atoms with van der Waals surface area (Å²) in [5, 5.41) is 0. The van der Waals surface area contributed by atoms with Gasteiger partial charge in [-0.1, -0.05) is 57.2 Å². The first-order valence-corrected chi connectivity index (χ1v) is 8.90. The number of carbonyl (C=O) groups excluding carboxylic acids is 2. The maximum absolute atomic E-state index is 12.3. The number of rotatable bonds is 7. The molecule has 0 aliphatic carbocycles. The van der Waals surface area contributed by atoms with Gasteiger partial charge in [0.15, 0.2) is 0 Å². The number of esters is 2. The third-order valence-electron chi connectivity index (χ3n) is 4.02. The van der Waals surface area contributed by atoms with Crippen molar-refractivity contribution in [2.75, 3.05) is 6.61 Å². The molecule has 0 amide bonds. The van der Waals surface area contributed by atoms with Gasteiger partial charge in [0.05, 0.1) is 6.61 Å². The minimum atomic E-state index is -0.495. The van der Waals surface area contributed by atoms with Crippen molar-refractivity contribution in [3.05, 3.63) is 65.2 Å². The van der Waals surface area contributed by atoms with E-state index in [1.165, 1.54) is 12.5 Å². The van der Waals surface area contributed by atoms with Crippen LogP contribution < -0.4 is 4.74 Å². The molecule has 138 valence electrons. The van der Waals surface area contributed by atoms with Crippen LogP contribution in [0.3, 0.4) is 0 Å². The van der Waals surface area contributed by atoms with Crippen molar-refractivity contribution in [2.45, 2.75) is 40.0 Å². The molecular weight excluding hydrogens is 328 g/mol. The minimum Gasteiger partial charge on any atom is -0.461 e. The molecule has 0 radical (unpaired) electrons. The number of para-hydroxylation sites is 1. The molecule has 4 nitrogen and oxygen atoms in total. The molecule has 2 aromatic rings. The summed E-state index contributed by atoms with van der Waals surface area (Å²) in [5.74, 6) is -0.0506. The van der Waals surface area contributed by atoms with Crippen molar-refractivity contribution in [1.29, 1.82) is 0 Å². The largest absolute Gasteiger partial charge is 0.461 e. The second-order valence-corrected chi connectivity index (χ2v) is 6.93. The van der Waals surface area contributed by atoms with E-state index in [4.69, 9.17) is 9.47 Å². The molecular formula is C22H26O4. The van der Waals surface area contributed by atoms with Crippen LogP contribution in [-0.2, 0) is 16.0 Å². The van der Waals surface area contributed by atoms with E-state index < -0.39 is 11.9 Å². The summed E-state index contributed by atoms with van der Waals surface area (Å²) >= 11 is 0. The monoisotopic (exact) mass is 354 g/mol. The standard InChI is InChI=1S/C22H26O4/c1-15(2)13-18-9-11-19(12-10-18)16(3)14-25-22(24)20-7-5-6-8-21(20)26-17(4)23/h5-12,15-16H,13-14H2,1-4H3. The molecule has 0 aliphatic heterocycles. The average Bonchev–Trinajstić information content (AvgIpc) is 2.59. The highest BCUT2D eigenvalue weighted by Crippen LogP contribution is 2.22. The van der Waals surface area contributed by atoms with Crippen molar-refractivity contribution < 1.29 is 19.1 Å². The zero-order valence-electron chi connectivity index (χ0n) is 15.8. The Bertz CT molecular complexity index is 747. The van der Waals surface area contributed by atoms with Gasteiger partial charge in [0, 0.05) is 12.8 Å². The van der Waals surface area contributed by atoms with Gasteiger partial charge in [-0.25, -0.2) is 4.79 Å². The van der Waals surface area contributed by atoms with Gasteiger partial charge >= 0.3 is 11.9 Å². The third kappa shape index (κ3) is 5.73. The smallest absolute Gasteiger partial charge is 0.341 e. The highest BCUT2D eigenvalue weighted by Gasteiger charge is 2.16. The predicted octanol–water partition coefficient (Wildman–Crippen LogP) is 4.77. The fraction of sp³-hybridized carbons (Fsp3) is 0.364. The van der Waals surface area contributed by atoms with Crippen LogP contribution in [0.4, 0.5) is 0 Å². The predicted molar refractivity (Wildman–Crippen MR) is 101 cm³/mol. The fourth-order valence-electron chi connectivity index (χ4n) is 2.71. The summed E-state index contributed by atoms with van der Waals surface area (Å²) in [4.78, 5) is 23.5. The summed E-state index contributed by atoms with van der Waals surface area (Å²) in [6, 6.07) is 15.0. The second kappa shape index (κ2) is 9.18. The summed E-state index contributed by atoms with van der Waals surface area (Å²) in [5.41, 5.74) is 2.68. The first-order valence-electron chi connectivity index (χ1n) is 8.90. The van der Waals surface area contributed by atoms with Gasteiger partial charge in [-0.3, -0.25) is 4.79 Å². The number of hydrogen-bond donors (Lipinski definition) is 0. The maximum Gasteiger partial charge on any atom is 0.341 e. The van der Waals surface area contributed by atoms with E-state index in [0.717, 1.165) is 12.0 Å². The lowest BCUT2D eigenvalue weighted by molar-refractivity contribution is -0.131. The topological polar surface area (TPSA) is 52.6 Å². The zero-order chi connectivity index (χ0) is 19.1. The summed E-state index contributed by atoms with van der Waals surface area (Å²) in [6.45, 7) is 7.97. The Kier molecular flexibility index (Phi) is 6.96. The summed E-state index contributed by atoms with van der Waals surface area (Å²) < 4.78 is 10.5. The number of hydrogen-bond acceptors (Lipinski definition) is 4. The Labute approximate surface area is 155 Å². The van der Waals surface area contributed by atoms with Crippen molar-refractivity contribution in [1.82, 2.24) is 0 Å². The van der Waals surface area contributed by atoms with Crippen molar-refractivity contribution in [3.8, 4) is 5.75 Å². The van der Waals surface area contributed by atoms with Gasteiger partial charge in [0.2, 0.25) is 0 Å². The molecule has 2 rings (SSSR count). The molecule has 26 heavy (non-hydrogen) atoms. The third-order valence-corrected chi connectivity index (χ3v) is 4.02. The van der Waals surface area contributed by atoms with Crippen LogP contribution in [-0.4, -0.2) is 18.5 Å². The van der Waals surface area contributed by atoms with E-state index >= 15 is 0 Å². The first kappa shape index (κ1) is 19.7. The van der Waals surface area contributed by atoms with Crippen LogP contribution in [0.1, 0.15) is 55.1 Å². The molecule has 0 spiro atoms. The molecule has 1 unspecified atom stereocenters. The van der Waals surface area contributed by atoms with Crippen LogP contribution in [0.5, 0.6) is 5.75 Å². The maximum atomic E-state index is 12.3. The highest BCUT2D eigenvalue weighted by atomic mass is 16.5. The number of benzene rings is 2. The molecule has 0 bridgehead atoms. The molecule has 0 aromatic heterocycles. The van der Waals surface area contributed by atoms with Gasteiger partial charge < -0.3 is 9.47 Å². The molecule has 2 aromatic carbocycles. The minimum absolute atomic E-state index is 0.0768. The second-order valence-electron chi connectivity index (χ2n) is 6.93. The molecule has 4 heteroatoms. The SMILES string of the molecule is CC(=O)Oc1ccccc1C(=O)OCC(C)c1ccc(CC(C)C)cc1. The van der Waals surface area contributed by atoms with Crippen LogP contribution in [0, 0.1) is 5.92 Å². The summed E-state index contributed by atoms with van der Waals surface area (Å²) in [6.07, 6.45) is 1.05. The van der Waals surface area contributed by atoms with Gasteiger partial charge in [0.1, 0.15) is 11.3 Å². The Morgan fingerprint density at radius 2 is 1.62 bits per heavy atom. The lowest BCUT2D eigenvalue weighted by atomic mass is 9.97. The van der Waals surface area contributed by atoms with Gasteiger partial charge in [0.25, 0.3) is 0 Å². The average molecular weight is 354 g/mol. The van der Waals surface area contributed by atoms with Gasteiger partial charge in [-0.05, 0) is 35.6 Å². The van der Waals surface area contributed by atoms with Crippen molar-refractivity contribution >= 4 is 11.9 Å². The van der Waals surface area contributed by atoms with E-state index in [0.29, 0.717) is 5.92 Å². The Balaban J connectivity index is 1.97. The Hall–Kier alpha value is -2.62. The quantitative estimate of drug-likeness (QED) is 0.531. The van der Waals surface area contributed by atoms with E-state index in [9.17, 15) is 9.59 Å². The normalized spacial score (nSPS) is 11.9. The van der Waals surface area contributed by atoms with Crippen LogP contribution in [0.2, 0.25) is 0 Å². The van der Waals surface area contributed by atoms with Gasteiger partial charge in [-0.15, -0.1) is 0 Å². The first-order chi connectivity index (χ1) is 12.4. The van der Waals surface area contributed by atoms with E-state index in [-0.39, 0.29) is 23.8 Å². The van der Waals surface area contributed by atoms with Crippen LogP contribution in [0.25, 0.3) is 0 Å². The molecule has 0 saturated carbocycles. The lowest BCUT2D eigenvalue weighted by Crippen LogP contribution is -2.13. The molecule has 0 heterocycles. The van der Waals surface area contributed by atoms with Crippen LogP contribution >= 0.6 is 0 Å². The van der Waals surface area contributed by atoms with Crippen molar-refractivity contribution in [3.63, 3.8) is 0 Å². The zero-order valence-corrected chi connectivity index (χ0v) is 15.8. The van der Waals surface area contributed by atoms with E-state index in [1.54, 1.807) is 24.3 Å². The lowest BCUT2D eigenvalue weighted by Gasteiger charge is -2.14. The van der Waals surface area contributed by atoms with Gasteiger partial charge in [-0.2, -0.15) is 0 Å². The van der Waals surface area contributed by atoms with Crippen molar-refractivity contribution in [2.24, 2.45) is 5.92 Å². The van der Waals surface area contributed by atoms with Crippen LogP contribution in [0.15, 0.2) is 48.5 Å². The molecule has 0 aliphatic rings. The molecule has 0 N–H and O–H groups in total. The molecule has 1 atom stereocenters. The van der Waals surface area contributed by atoms with E-state index in [1.807, 2.05) is 6.92 Å². The number of ether oxygens (including phenoxy) is 2. The number of carbonyl (C=O) groups is 2. The molecule has 0 saturated heterocycles. The molecule has 0 fully saturated rings. The highest BCUT2D eigenvalue weighted by molar-refractivity contribution is 5.93. The Morgan fingerprint density at radius 3 is 2.23 bits per heavy atom. The fourth-order valence-corrected chi connectivity index (χ4v) is 2.71. The van der Waals surface area contributed by atoms with E-state index in [2.05, 4.69) is 38.1 Å². The Morgan fingerprint density at radius 1 is 0.962 bits per heavy atom. The summed E-state index contributed by atoms with van der Waals surface area (Å²) in [7, 11) is 0.